The second-order valence-electron chi connectivity index (χ2n) is 9.51. The molecule has 0 aromatic heterocycles. The number of esters is 1. The van der Waals surface area contributed by atoms with E-state index in [1.807, 2.05) is 32.1 Å². The maximum atomic E-state index is 11.3. The molecule has 0 heterocycles. The molecule has 0 fully saturated rings. The molecule has 2 aromatic carbocycles. The fourth-order valence-electron chi connectivity index (χ4n) is 4.21. The number of carbonyl (C=O) groups is 1. The summed E-state index contributed by atoms with van der Waals surface area (Å²) in [6.07, 6.45) is 3.26. The van der Waals surface area contributed by atoms with Crippen molar-refractivity contribution in [1.29, 1.82) is 0 Å². The van der Waals surface area contributed by atoms with E-state index in [0.29, 0.717) is 6.61 Å². The van der Waals surface area contributed by atoms with E-state index in [1.165, 1.54) is 17.5 Å². The summed E-state index contributed by atoms with van der Waals surface area (Å²) in [5.41, 5.74) is 0. The Morgan fingerprint density at radius 3 is 1.94 bits per heavy atom. The number of methoxy groups -OCH3 is 1. The molecule has 2 aromatic rings. The lowest BCUT2D eigenvalue weighted by molar-refractivity contribution is -0.139. The second-order valence-corrected chi connectivity index (χ2v) is 13.8. The summed E-state index contributed by atoms with van der Waals surface area (Å²) in [7, 11) is -1.25. The molecule has 0 saturated heterocycles. The lowest BCUT2D eigenvalue weighted by atomic mass is 9.93. The highest BCUT2D eigenvalue weighted by atomic mass is 28.4. The van der Waals surface area contributed by atoms with Crippen molar-refractivity contribution in [2.24, 2.45) is 11.8 Å². The monoisotopic (exact) mass is 454 g/mol. The molecule has 2 rings (SSSR count). The van der Waals surface area contributed by atoms with Crippen LogP contribution in [-0.2, 0) is 14.0 Å². The predicted molar refractivity (Wildman–Crippen MR) is 134 cm³/mol. The largest absolute Gasteiger partial charge is 0.469 e. The summed E-state index contributed by atoms with van der Waals surface area (Å²) in [6, 6.07) is 21.0. The van der Waals surface area contributed by atoms with Gasteiger partial charge in [0.25, 0.3) is 8.32 Å². The maximum Gasteiger partial charge on any atom is 0.309 e. The first-order chi connectivity index (χ1) is 15.1. The minimum atomic E-state index is -2.63. The molecule has 0 unspecified atom stereocenters. The van der Waals surface area contributed by atoms with Gasteiger partial charge in [-0.15, -0.1) is 0 Å². The number of hydrogen-bond donors (Lipinski definition) is 1. The minimum Gasteiger partial charge on any atom is -0.469 e. The van der Waals surface area contributed by atoms with Gasteiger partial charge in [-0.05, 0) is 15.4 Å². The van der Waals surface area contributed by atoms with E-state index in [9.17, 15) is 9.90 Å². The number of aliphatic hydroxyl groups excluding tert-OH is 1. The van der Waals surface area contributed by atoms with Gasteiger partial charge in [0.2, 0.25) is 0 Å². The smallest absolute Gasteiger partial charge is 0.309 e. The van der Waals surface area contributed by atoms with E-state index in [0.717, 1.165) is 0 Å². The van der Waals surface area contributed by atoms with Gasteiger partial charge < -0.3 is 14.3 Å². The Morgan fingerprint density at radius 1 is 1.00 bits per heavy atom. The first-order valence-corrected chi connectivity index (χ1v) is 13.2. The van der Waals surface area contributed by atoms with Crippen LogP contribution in [0.15, 0.2) is 72.8 Å². The zero-order chi connectivity index (χ0) is 23.8. The summed E-state index contributed by atoms with van der Waals surface area (Å²) in [4.78, 5) is 11.3. The molecule has 0 aliphatic heterocycles. The zero-order valence-electron chi connectivity index (χ0n) is 20.2. The lowest BCUT2D eigenvalue weighted by Gasteiger charge is -2.44. The van der Waals surface area contributed by atoms with Gasteiger partial charge >= 0.3 is 5.97 Å². The molecular weight excluding hydrogens is 416 g/mol. The van der Waals surface area contributed by atoms with Crippen LogP contribution >= 0.6 is 0 Å². The number of aliphatic hydroxyl groups is 1. The first-order valence-electron chi connectivity index (χ1n) is 11.3. The molecule has 0 bridgehead atoms. The van der Waals surface area contributed by atoms with Crippen LogP contribution in [0.1, 0.15) is 41.0 Å². The highest BCUT2D eigenvalue weighted by molar-refractivity contribution is 6.99. The molecule has 0 saturated carbocycles. The van der Waals surface area contributed by atoms with Crippen LogP contribution in [0.3, 0.4) is 0 Å². The number of ether oxygens (including phenoxy) is 1. The molecular formula is C27H38O4Si. The number of rotatable bonds is 10. The molecule has 0 amide bonds. The topological polar surface area (TPSA) is 55.8 Å². The minimum absolute atomic E-state index is 0.0746. The molecule has 0 aliphatic carbocycles. The van der Waals surface area contributed by atoms with Crippen LogP contribution in [0.5, 0.6) is 0 Å². The molecule has 1 N–H and O–H groups in total. The Kier molecular flexibility index (Phi) is 9.43. The van der Waals surface area contributed by atoms with Crippen molar-refractivity contribution < 1.29 is 19.1 Å². The third-order valence-electron chi connectivity index (χ3n) is 6.05. The SMILES string of the molecule is COC(=O)C/C=C/[C@@H](C)[C@H](O)[C@@H](C)CO[Si](c1ccccc1)(c1ccccc1)C(C)(C)C. The average molecular weight is 455 g/mol. The highest BCUT2D eigenvalue weighted by Crippen LogP contribution is 2.37. The number of carbonyl (C=O) groups excluding carboxylic acids is 1. The molecule has 0 aliphatic rings. The molecule has 3 atom stereocenters. The Bertz CT molecular complexity index is 819. The van der Waals surface area contributed by atoms with Crippen molar-refractivity contribution in [3.63, 3.8) is 0 Å². The van der Waals surface area contributed by atoms with Crippen molar-refractivity contribution in [3.05, 3.63) is 72.8 Å². The van der Waals surface area contributed by atoms with Gasteiger partial charge in [0.05, 0.1) is 19.6 Å². The summed E-state index contributed by atoms with van der Waals surface area (Å²) < 4.78 is 11.6. The molecule has 5 heteroatoms. The summed E-state index contributed by atoms with van der Waals surface area (Å²) in [5, 5.41) is 13.3. The Morgan fingerprint density at radius 2 is 1.50 bits per heavy atom. The highest BCUT2D eigenvalue weighted by Gasteiger charge is 2.50. The Hall–Kier alpha value is -2.21. The van der Waals surface area contributed by atoms with E-state index in [1.54, 1.807) is 6.08 Å². The van der Waals surface area contributed by atoms with Crippen LogP contribution in [0.25, 0.3) is 0 Å². The van der Waals surface area contributed by atoms with E-state index in [-0.39, 0.29) is 29.3 Å². The summed E-state index contributed by atoms with van der Waals surface area (Å²) >= 11 is 0. The fourth-order valence-corrected chi connectivity index (χ4v) is 8.88. The average Bonchev–Trinajstić information content (AvgIpc) is 2.79. The van der Waals surface area contributed by atoms with E-state index >= 15 is 0 Å². The van der Waals surface area contributed by atoms with Crippen molar-refractivity contribution in [1.82, 2.24) is 0 Å². The predicted octanol–water partition coefficient (Wildman–Crippen LogP) is 4.32. The Balaban J connectivity index is 2.28. The van der Waals surface area contributed by atoms with Gasteiger partial charge in [-0.25, -0.2) is 0 Å². The van der Waals surface area contributed by atoms with Crippen molar-refractivity contribution in [3.8, 4) is 0 Å². The molecule has 4 nitrogen and oxygen atoms in total. The van der Waals surface area contributed by atoms with E-state index in [4.69, 9.17) is 4.43 Å². The van der Waals surface area contributed by atoms with Gasteiger partial charge in [0, 0.05) is 18.4 Å². The van der Waals surface area contributed by atoms with E-state index < -0.39 is 14.4 Å². The van der Waals surface area contributed by atoms with Crippen LogP contribution in [0.4, 0.5) is 0 Å². The lowest BCUT2D eigenvalue weighted by Crippen LogP contribution is -2.67. The van der Waals surface area contributed by atoms with E-state index in [2.05, 4.69) is 74.0 Å². The Labute approximate surface area is 194 Å². The van der Waals surface area contributed by atoms with Crippen molar-refractivity contribution >= 4 is 24.7 Å². The van der Waals surface area contributed by atoms with Crippen molar-refractivity contribution in [2.75, 3.05) is 13.7 Å². The van der Waals surface area contributed by atoms with Crippen molar-refractivity contribution in [2.45, 2.75) is 52.2 Å². The number of benzene rings is 2. The third kappa shape index (κ3) is 6.18. The summed E-state index contributed by atoms with van der Waals surface area (Å²) in [6.45, 7) is 11.2. The van der Waals surface area contributed by atoms with Gasteiger partial charge in [-0.2, -0.15) is 0 Å². The van der Waals surface area contributed by atoms with Gasteiger partial charge in [-0.3, -0.25) is 4.79 Å². The zero-order valence-corrected chi connectivity index (χ0v) is 21.2. The second kappa shape index (κ2) is 11.6. The van der Waals surface area contributed by atoms with Crippen LogP contribution < -0.4 is 10.4 Å². The molecule has 174 valence electrons. The fraction of sp³-hybridized carbons (Fsp3) is 0.444. The molecule has 0 radical (unpaired) electrons. The quantitative estimate of drug-likeness (QED) is 0.330. The maximum absolute atomic E-state index is 11.3. The van der Waals surface area contributed by atoms with Crippen LogP contribution in [-0.4, -0.2) is 39.2 Å². The van der Waals surface area contributed by atoms with Gasteiger partial charge in [0.1, 0.15) is 0 Å². The van der Waals surface area contributed by atoms with Crippen LogP contribution in [0.2, 0.25) is 5.04 Å². The van der Waals surface area contributed by atoms with Gasteiger partial charge in [-0.1, -0.05) is 107 Å². The molecule has 0 spiro atoms. The standard InChI is InChI=1S/C27H38O4Si/c1-21(14-13-19-25(28)30-6)26(29)22(2)20-31-32(27(3,4)5,23-15-9-7-10-16-23)24-17-11-8-12-18-24/h7-18,21-22,26,29H,19-20H2,1-6H3/b14-13+/t21-,22+,26+/m1/s1. The number of hydrogen-bond acceptors (Lipinski definition) is 4. The third-order valence-corrected chi connectivity index (χ3v) is 11.1. The van der Waals surface area contributed by atoms with Gasteiger partial charge in [0.15, 0.2) is 0 Å². The normalized spacial score (nSPS) is 15.3. The first kappa shape index (κ1) is 26.0. The van der Waals surface area contributed by atoms with Crippen LogP contribution in [0, 0.1) is 11.8 Å². The summed E-state index contributed by atoms with van der Waals surface area (Å²) in [5.74, 6) is -0.460. The molecule has 32 heavy (non-hydrogen) atoms.